The lowest BCUT2D eigenvalue weighted by Crippen LogP contribution is -2.46. The fraction of sp³-hybridized carbons (Fsp3) is 0.500. The SMILES string of the molecule is CCOC(=O)C1CCC(O)(CNC(=O)c2ccc(N[C@@H](C)c3cc(C(F)(F)F)ncc3OC)c(Cl)c2)CC1. The van der Waals surface area contributed by atoms with E-state index in [1.54, 1.807) is 19.9 Å². The van der Waals surface area contributed by atoms with E-state index in [1.807, 2.05) is 0 Å². The molecule has 1 amide bonds. The van der Waals surface area contributed by atoms with E-state index >= 15 is 0 Å². The Labute approximate surface area is 223 Å². The second-order valence-electron chi connectivity index (χ2n) is 9.30. The zero-order chi connectivity index (χ0) is 28.1. The number of nitrogens with zero attached hydrogens (tertiary/aromatic N) is 1. The topological polar surface area (TPSA) is 110 Å². The van der Waals surface area contributed by atoms with Crippen LogP contribution in [0, 0.1) is 5.92 Å². The minimum atomic E-state index is -4.61. The summed E-state index contributed by atoms with van der Waals surface area (Å²) in [4.78, 5) is 28.0. The van der Waals surface area contributed by atoms with Crippen LogP contribution in [0.15, 0.2) is 30.5 Å². The molecule has 0 bridgehead atoms. The quantitative estimate of drug-likeness (QED) is 0.366. The number of alkyl halides is 3. The number of methoxy groups -OCH3 is 1. The molecule has 1 aromatic heterocycles. The second-order valence-corrected chi connectivity index (χ2v) is 9.71. The Morgan fingerprint density at radius 3 is 2.53 bits per heavy atom. The van der Waals surface area contributed by atoms with Gasteiger partial charge in [-0.2, -0.15) is 13.2 Å². The van der Waals surface area contributed by atoms with Crippen LogP contribution in [0.2, 0.25) is 5.02 Å². The number of ether oxygens (including phenoxy) is 2. The molecule has 12 heteroatoms. The van der Waals surface area contributed by atoms with Crippen molar-refractivity contribution in [3.63, 3.8) is 0 Å². The van der Waals surface area contributed by atoms with Crippen LogP contribution in [0.3, 0.4) is 0 Å². The molecule has 38 heavy (non-hydrogen) atoms. The number of esters is 1. The summed E-state index contributed by atoms with van der Waals surface area (Å²) in [6.45, 7) is 3.71. The number of hydrogen-bond donors (Lipinski definition) is 3. The van der Waals surface area contributed by atoms with E-state index < -0.39 is 29.4 Å². The predicted octanol–water partition coefficient (Wildman–Crippen LogP) is 5.15. The lowest BCUT2D eigenvalue weighted by molar-refractivity contribution is -0.151. The van der Waals surface area contributed by atoms with Gasteiger partial charge in [-0.05, 0) is 63.8 Å². The number of anilines is 1. The van der Waals surface area contributed by atoms with Crippen molar-refractivity contribution < 1.29 is 37.3 Å². The summed E-state index contributed by atoms with van der Waals surface area (Å²) in [7, 11) is 1.34. The summed E-state index contributed by atoms with van der Waals surface area (Å²) in [6, 6.07) is 4.77. The normalized spacial score (nSPS) is 20.4. The van der Waals surface area contributed by atoms with Gasteiger partial charge in [-0.3, -0.25) is 9.59 Å². The molecule has 1 atom stereocenters. The van der Waals surface area contributed by atoms with Crippen molar-refractivity contribution in [1.82, 2.24) is 10.3 Å². The van der Waals surface area contributed by atoms with Crippen LogP contribution >= 0.6 is 11.6 Å². The first-order valence-electron chi connectivity index (χ1n) is 12.2. The lowest BCUT2D eigenvalue weighted by atomic mass is 9.78. The molecule has 208 valence electrons. The van der Waals surface area contributed by atoms with E-state index in [1.165, 1.54) is 19.2 Å². The number of carbonyl (C=O) groups is 2. The highest BCUT2D eigenvalue weighted by atomic mass is 35.5. The molecule has 0 spiro atoms. The number of hydrogen-bond acceptors (Lipinski definition) is 7. The van der Waals surface area contributed by atoms with Gasteiger partial charge in [0.1, 0.15) is 11.4 Å². The van der Waals surface area contributed by atoms with E-state index in [4.69, 9.17) is 21.1 Å². The molecular formula is C26H31ClF3N3O5. The Bertz CT molecular complexity index is 1150. The van der Waals surface area contributed by atoms with Crippen molar-refractivity contribution in [3.8, 4) is 5.75 Å². The summed E-state index contributed by atoms with van der Waals surface area (Å²) in [6.07, 6.45) is -1.94. The molecule has 1 aromatic carbocycles. The zero-order valence-electron chi connectivity index (χ0n) is 21.3. The lowest BCUT2D eigenvalue weighted by Gasteiger charge is -2.35. The molecule has 0 aliphatic heterocycles. The zero-order valence-corrected chi connectivity index (χ0v) is 22.1. The summed E-state index contributed by atoms with van der Waals surface area (Å²) in [5.74, 6) is -0.781. The van der Waals surface area contributed by atoms with Gasteiger partial charge in [0, 0.05) is 17.7 Å². The van der Waals surface area contributed by atoms with Gasteiger partial charge < -0.3 is 25.2 Å². The van der Waals surface area contributed by atoms with E-state index in [-0.39, 0.29) is 40.3 Å². The van der Waals surface area contributed by atoms with Gasteiger partial charge in [-0.1, -0.05) is 11.6 Å². The number of aromatic nitrogens is 1. The van der Waals surface area contributed by atoms with Gasteiger partial charge in [0.25, 0.3) is 5.91 Å². The number of rotatable bonds is 9. The highest BCUT2D eigenvalue weighted by molar-refractivity contribution is 6.33. The number of amides is 1. The van der Waals surface area contributed by atoms with Crippen molar-refractivity contribution in [2.75, 3.05) is 25.6 Å². The number of pyridine rings is 1. The number of benzene rings is 1. The molecular weight excluding hydrogens is 527 g/mol. The van der Waals surface area contributed by atoms with Gasteiger partial charge >= 0.3 is 12.1 Å². The van der Waals surface area contributed by atoms with Gasteiger partial charge in [0.2, 0.25) is 0 Å². The third-order valence-electron chi connectivity index (χ3n) is 6.59. The van der Waals surface area contributed by atoms with Crippen LogP contribution in [-0.4, -0.2) is 47.8 Å². The maximum atomic E-state index is 13.1. The molecule has 1 heterocycles. The van der Waals surface area contributed by atoms with Crippen LogP contribution in [-0.2, 0) is 15.7 Å². The third-order valence-corrected chi connectivity index (χ3v) is 6.90. The van der Waals surface area contributed by atoms with Crippen molar-refractivity contribution >= 4 is 29.2 Å². The van der Waals surface area contributed by atoms with Crippen LogP contribution < -0.4 is 15.4 Å². The molecule has 3 N–H and O–H groups in total. The van der Waals surface area contributed by atoms with Crippen LogP contribution in [0.4, 0.5) is 18.9 Å². The third kappa shape index (κ3) is 7.28. The summed E-state index contributed by atoms with van der Waals surface area (Å²) >= 11 is 6.37. The average Bonchev–Trinajstić information content (AvgIpc) is 2.88. The van der Waals surface area contributed by atoms with Crippen LogP contribution in [0.5, 0.6) is 5.75 Å². The highest BCUT2D eigenvalue weighted by Crippen LogP contribution is 2.36. The molecule has 1 fully saturated rings. The van der Waals surface area contributed by atoms with E-state index in [0.717, 1.165) is 12.3 Å². The number of halogens is 4. The monoisotopic (exact) mass is 557 g/mol. The van der Waals surface area contributed by atoms with Gasteiger partial charge in [-0.25, -0.2) is 4.98 Å². The summed E-state index contributed by atoms with van der Waals surface area (Å²) in [5, 5.41) is 16.8. The fourth-order valence-electron chi connectivity index (χ4n) is 4.38. The molecule has 1 aliphatic rings. The van der Waals surface area contributed by atoms with Gasteiger partial charge in [0.15, 0.2) is 0 Å². The molecule has 3 rings (SSSR count). The minimum absolute atomic E-state index is 0.0133. The maximum Gasteiger partial charge on any atom is 0.433 e. The first kappa shape index (κ1) is 29.5. The largest absolute Gasteiger partial charge is 0.495 e. The van der Waals surface area contributed by atoms with E-state index in [0.29, 0.717) is 38.0 Å². The minimum Gasteiger partial charge on any atom is -0.495 e. The smallest absolute Gasteiger partial charge is 0.433 e. The number of nitrogens with one attached hydrogen (secondary N) is 2. The molecule has 1 aliphatic carbocycles. The second kappa shape index (κ2) is 12.2. The van der Waals surface area contributed by atoms with Gasteiger partial charge in [-0.15, -0.1) is 0 Å². The molecule has 0 radical (unpaired) electrons. The summed E-state index contributed by atoms with van der Waals surface area (Å²) in [5.41, 5.74) is -1.29. The highest BCUT2D eigenvalue weighted by Gasteiger charge is 2.37. The molecule has 8 nitrogen and oxygen atoms in total. The number of carbonyl (C=O) groups excluding carboxylic acids is 2. The fourth-order valence-corrected chi connectivity index (χ4v) is 4.62. The Kier molecular flexibility index (Phi) is 9.48. The van der Waals surface area contributed by atoms with Crippen molar-refractivity contribution in [2.24, 2.45) is 5.92 Å². The molecule has 1 saturated carbocycles. The predicted molar refractivity (Wildman–Crippen MR) is 135 cm³/mol. The first-order valence-corrected chi connectivity index (χ1v) is 12.6. The number of aliphatic hydroxyl groups is 1. The summed E-state index contributed by atoms with van der Waals surface area (Å²) < 4.78 is 49.6. The first-order chi connectivity index (χ1) is 17.9. The Hall–Kier alpha value is -3.05. The molecule has 2 aromatic rings. The van der Waals surface area contributed by atoms with E-state index in [2.05, 4.69) is 15.6 Å². The standard InChI is InChI=1S/C26H31ClF3N3O5/c1-4-38-24(35)16-7-9-25(36,10-8-16)14-32-23(34)17-5-6-20(19(27)11-17)33-15(2)18-12-22(26(28,29)30)31-13-21(18)37-3/h5-6,11-13,15-16,33,36H,4,7-10,14H2,1-3H3,(H,32,34)/t15-,16?,25?/m0/s1. The van der Waals surface area contributed by atoms with E-state index in [9.17, 15) is 27.9 Å². The van der Waals surface area contributed by atoms with Crippen molar-refractivity contribution in [3.05, 3.63) is 52.3 Å². The van der Waals surface area contributed by atoms with Crippen molar-refractivity contribution in [2.45, 2.75) is 57.3 Å². The molecule has 0 saturated heterocycles. The van der Waals surface area contributed by atoms with Crippen LogP contribution in [0.25, 0.3) is 0 Å². The van der Waals surface area contributed by atoms with Crippen LogP contribution in [0.1, 0.15) is 67.2 Å². The average molecular weight is 558 g/mol. The van der Waals surface area contributed by atoms with Gasteiger partial charge in [0.05, 0.1) is 48.2 Å². The molecule has 0 unspecified atom stereocenters. The van der Waals surface area contributed by atoms with Crippen molar-refractivity contribution in [1.29, 1.82) is 0 Å². The maximum absolute atomic E-state index is 13.1. The Morgan fingerprint density at radius 1 is 1.26 bits per heavy atom. The Balaban J connectivity index is 1.62. The Morgan fingerprint density at radius 2 is 1.95 bits per heavy atom.